The van der Waals surface area contributed by atoms with Crippen LogP contribution in [-0.4, -0.2) is 37.2 Å². The van der Waals surface area contributed by atoms with Gasteiger partial charge in [-0.25, -0.2) is 0 Å². The minimum atomic E-state index is -0.822. The first kappa shape index (κ1) is 18.8. The molecule has 1 fully saturated rings. The fourth-order valence-corrected chi connectivity index (χ4v) is 3.58. The zero-order valence-corrected chi connectivity index (χ0v) is 15.6. The Bertz CT molecular complexity index is 672. The summed E-state index contributed by atoms with van der Waals surface area (Å²) in [4.78, 5) is 24.4. The van der Waals surface area contributed by atoms with Crippen LogP contribution in [0.2, 0.25) is 5.02 Å². The van der Waals surface area contributed by atoms with Crippen LogP contribution >= 0.6 is 11.6 Å². The van der Waals surface area contributed by atoms with E-state index in [-0.39, 0.29) is 18.4 Å². The highest BCUT2D eigenvalue weighted by Crippen LogP contribution is 2.38. The Labute approximate surface area is 158 Å². The number of carbonyl (C=O) groups is 2. The second-order valence-corrected chi connectivity index (χ2v) is 7.16. The molecular formula is C19H24ClNO5. The minimum absolute atomic E-state index is 0.0113. The van der Waals surface area contributed by atoms with Crippen LogP contribution in [0.25, 0.3) is 0 Å². The Hall–Kier alpha value is -1.95. The molecule has 1 saturated carbocycles. The third kappa shape index (κ3) is 4.81. The molecule has 2 aliphatic rings. The van der Waals surface area contributed by atoms with Gasteiger partial charge >= 0.3 is 5.97 Å². The van der Waals surface area contributed by atoms with E-state index in [1.807, 2.05) is 0 Å². The Kier molecular flexibility index (Phi) is 6.25. The molecule has 0 bridgehead atoms. The lowest BCUT2D eigenvalue weighted by Gasteiger charge is -2.24. The summed E-state index contributed by atoms with van der Waals surface area (Å²) in [6.07, 6.45) is 4.64. The standard InChI is InChI=1S/C19H24ClNO5/c1-12(19(23)21-14-5-3-2-4-6-14)26-17(22)11-13-9-15(20)18-16(10-13)24-7-8-25-18/h9-10,12,14H,2-8,11H2,1H3,(H,21,23). The van der Waals surface area contributed by atoms with Crippen LogP contribution < -0.4 is 14.8 Å². The van der Waals surface area contributed by atoms with Crippen molar-refractivity contribution in [2.75, 3.05) is 13.2 Å². The van der Waals surface area contributed by atoms with Gasteiger partial charge in [0.2, 0.25) is 0 Å². The number of halogens is 1. The first-order valence-corrected chi connectivity index (χ1v) is 9.48. The minimum Gasteiger partial charge on any atom is -0.486 e. The predicted octanol–water partition coefficient (Wildman–Crippen LogP) is 3.03. The molecule has 26 heavy (non-hydrogen) atoms. The van der Waals surface area contributed by atoms with Crippen LogP contribution in [0.3, 0.4) is 0 Å². The van der Waals surface area contributed by atoms with Crippen LogP contribution in [-0.2, 0) is 20.7 Å². The van der Waals surface area contributed by atoms with Crippen molar-refractivity contribution >= 4 is 23.5 Å². The summed E-state index contributed by atoms with van der Waals surface area (Å²) in [6, 6.07) is 3.56. The van der Waals surface area contributed by atoms with Crippen molar-refractivity contribution in [3.8, 4) is 11.5 Å². The highest BCUT2D eigenvalue weighted by atomic mass is 35.5. The summed E-state index contributed by atoms with van der Waals surface area (Å²) >= 11 is 6.17. The second-order valence-electron chi connectivity index (χ2n) is 6.75. The van der Waals surface area contributed by atoms with Crippen molar-refractivity contribution < 1.29 is 23.8 Å². The topological polar surface area (TPSA) is 73.9 Å². The van der Waals surface area contributed by atoms with Crippen molar-refractivity contribution in [3.05, 3.63) is 22.7 Å². The quantitative estimate of drug-likeness (QED) is 0.793. The Morgan fingerprint density at radius 3 is 2.73 bits per heavy atom. The Morgan fingerprint density at radius 2 is 1.96 bits per heavy atom. The van der Waals surface area contributed by atoms with Gasteiger partial charge in [0.05, 0.1) is 11.4 Å². The molecule has 0 radical (unpaired) electrons. The summed E-state index contributed by atoms with van der Waals surface area (Å²) in [5.41, 5.74) is 0.657. The van der Waals surface area contributed by atoms with Gasteiger partial charge in [-0.15, -0.1) is 0 Å². The van der Waals surface area contributed by atoms with E-state index >= 15 is 0 Å². The molecule has 1 amide bonds. The van der Waals surface area contributed by atoms with Gasteiger partial charge in [-0.2, -0.15) is 0 Å². The van der Waals surface area contributed by atoms with E-state index in [4.69, 9.17) is 25.8 Å². The molecule has 1 heterocycles. The van der Waals surface area contributed by atoms with Gasteiger partial charge < -0.3 is 19.5 Å². The van der Waals surface area contributed by atoms with E-state index in [2.05, 4.69) is 5.32 Å². The van der Waals surface area contributed by atoms with E-state index in [0.29, 0.717) is 35.3 Å². The fourth-order valence-electron chi connectivity index (χ4n) is 3.29. The number of benzene rings is 1. The number of ether oxygens (including phenoxy) is 3. The molecule has 1 aromatic rings. The Balaban J connectivity index is 1.53. The maximum absolute atomic E-state index is 12.2. The van der Waals surface area contributed by atoms with Crippen LogP contribution in [0.4, 0.5) is 0 Å². The average molecular weight is 382 g/mol. The second kappa shape index (κ2) is 8.62. The number of carbonyl (C=O) groups excluding carboxylic acids is 2. The molecule has 1 N–H and O–H groups in total. The first-order chi connectivity index (χ1) is 12.5. The SMILES string of the molecule is CC(OC(=O)Cc1cc(Cl)c2c(c1)OCCO2)C(=O)NC1CCCCC1. The zero-order chi connectivity index (χ0) is 18.5. The van der Waals surface area contributed by atoms with Crippen molar-refractivity contribution in [3.63, 3.8) is 0 Å². The van der Waals surface area contributed by atoms with Gasteiger partial charge in [-0.3, -0.25) is 9.59 Å². The van der Waals surface area contributed by atoms with Crippen molar-refractivity contribution in [1.82, 2.24) is 5.32 Å². The lowest BCUT2D eigenvalue weighted by Crippen LogP contribution is -2.42. The number of fused-ring (bicyclic) bond motifs is 1. The van der Waals surface area contributed by atoms with E-state index in [1.165, 1.54) is 6.42 Å². The maximum Gasteiger partial charge on any atom is 0.311 e. The molecule has 7 heteroatoms. The highest BCUT2D eigenvalue weighted by molar-refractivity contribution is 6.32. The first-order valence-electron chi connectivity index (χ1n) is 9.11. The van der Waals surface area contributed by atoms with Gasteiger partial charge in [0.15, 0.2) is 17.6 Å². The summed E-state index contributed by atoms with van der Waals surface area (Å²) in [5, 5.41) is 3.36. The van der Waals surface area contributed by atoms with E-state index in [0.717, 1.165) is 25.7 Å². The van der Waals surface area contributed by atoms with E-state index in [9.17, 15) is 9.59 Å². The smallest absolute Gasteiger partial charge is 0.311 e. The molecule has 0 aromatic heterocycles. The lowest BCUT2D eigenvalue weighted by atomic mass is 9.95. The maximum atomic E-state index is 12.2. The van der Waals surface area contributed by atoms with Crippen molar-refractivity contribution in [2.24, 2.45) is 0 Å². The molecule has 3 rings (SSSR count). The van der Waals surface area contributed by atoms with Crippen LogP contribution in [0, 0.1) is 0 Å². The van der Waals surface area contributed by atoms with Crippen molar-refractivity contribution in [2.45, 2.75) is 57.6 Å². The molecule has 1 aliphatic heterocycles. The fraction of sp³-hybridized carbons (Fsp3) is 0.579. The largest absolute Gasteiger partial charge is 0.486 e. The number of amides is 1. The van der Waals surface area contributed by atoms with Crippen molar-refractivity contribution in [1.29, 1.82) is 0 Å². The number of esters is 1. The van der Waals surface area contributed by atoms with Gasteiger partial charge in [-0.05, 0) is 37.5 Å². The molecule has 1 unspecified atom stereocenters. The van der Waals surface area contributed by atoms with Crippen LogP contribution in [0.1, 0.15) is 44.6 Å². The van der Waals surface area contributed by atoms with Gasteiger partial charge in [-0.1, -0.05) is 30.9 Å². The molecule has 1 atom stereocenters. The van der Waals surface area contributed by atoms with Gasteiger partial charge in [0, 0.05) is 6.04 Å². The van der Waals surface area contributed by atoms with Gasteiger partial charge in [0.25, 0.3) is 5.91 Å². The van der Waals surface area contributed by atoms with Gasteiger partial charge in [0.1, 0.15) is 13.2 Å². The number of hydrogen-bond acceptors (Lipinski definition) is 5. The highest BCUT2D eigenvalue weighted by Gasteiger charge is 2.23. The van der Waals surface area contributed by atoms with Crippen LogP contribution in [0.5, 0.6) is 11.5 Å². The molecule has 1 aromatic carbocycles. The number of hydrogen-bond donors (Lipinski definition) is 1. The molecule has 1 aliphatic carbocycles. The Morgan fingerprint density at radius 1 is 1.23 bits per heavy atom. The molecule has 0 spiro atoms. The summed E-state index contributed by atoms with van der Waals surface area (Å²) < 4.78 is 16.2. The normalized spacial score (nSPS) is 18.1. The molecule has 0 saturated heterocycles. The number of rotatable bonds is 5. The lowest BCUT2D eigenvalue weighted by molar-refractivity contribution is -0.154. The number of nitrogens with one attached hydrogen (secondary N) is 1. The van der Waals surface area contributed by atoms with Crippen LogP contribution in [0.15, 0.2) is 12.1 Å². The third-order valence-electron chi connectivity index (χ3n) is 4.63. The zero-order valence-electron chi connectivity index (χ0n) is 14.9. The summed E-state index contributed by atoms with van der Waals surface area (Å²) in [7, 11) is 0. The summed E-state index contributed by atoms with van der Waals surface area (Å²) in [5.74, 6) is 0.291. The monoisotopic (exact) mass is 381 g/mol. The summed E-state index contributed by atoms with van der Waals surface area (Å²) in [6.45, 7) is 2.48. The molecule has 6 nitrogen and oxygen atoms in total. The predicted molar refractivity (Wildman–Crippen MR) is 96.7 cm³/mol. The van der Waals surface area contributed by atoms with E-state index < -0.39 is 12.1 Å². The van der Waals surface area contributed by atoms with E-state index in [1.54, 1.807) is 19.1 Å². The molecule has 142 valence electrons. The average Bonchev–Trinajstić information content (AvgIpc) is 2.62. The third-order valence-corrected chi connectivity index (χ3v) is 4.91. The molecular weight excluding hydrogens is 358 g/mol.